The van der Waals surface area contributed by atoms with E-state index in [4.69, 9.17) is 27.6 Å². The Labute approximate surface area is 168 Å². The van der Waals surface area contributed by atoms with E-state index >= 15 is 0 Å². The van der Waals surface area contributed by atoms with Crippen LogP contribution in [0.15, 0.2) is 52.9 Å². The largest absolute Gasteiger partial charge is 0.415 e. The molecule has 0 spiro atoms. The molecular formula is C20H22Cl2N4O+2. The number of quaternary nitrogens is 2. The van der Waals surface area contributed by atoms with Crippen molar-refractivity contribution in [1.29, 1.82) is 0 Å². The van der Waals surface area contributed by atoms with Crippen molar-refractivity contribution >= 4 is 23.2 Å². The molecule has 1 fully saturated rings. The van der Waals surface area contributed by atoms with Crippen LogP contribution in [0.5, 0.6) is 0 Å². The Balaban J connectivity index is 1.29. The second kappa shape index (κ2) is 8.40. The van der Waals surface area contributed by atoms with Gasteiger partial charge >= 0.3 is 0 Å². The van der Waals surface area contributed by atoms with Crippen molar-refractivity contribution in [3.05, 3.63) is 70.0 Å². The molecule has 3 aromatic rings. The quantitative estimate of drug-likeness (QED) is 0.677. The van der Waals surface area contributed by atoms with Gasteiger partial charge in [0.25, 0.3) is 5.89 Å². The Hall–Kier alpha value is -1.92. The topological polar surface area (TPSA) is 47.8 Å². The maximum Gasteiger partial charge on any atom is 0.271 e. The number of halogens is 2. The summed E-state index contributed by atoms with van der Waals surface area (Å²) in [6.45, 7) is 6.29. The van der Waals surface area contributed by atoms with E-state index < -0.39 is 0 Å². The van der Waals surface area contributed by atoms with E-state index in [9.17, 15) is 0 Å². The molecule has 2 N–H and O–H groups in total. The Morgan fingerprint density at radius 1 is 0.741 bits per heavy atom. The number of hydrogen-bond donors (Lipinski definition) is 2. The Morgan fingerprint density at radius 2 is 1.30 bits per heavy atom. The predicted octanol–water partition coefficient (Wildman–Crippen LogP) is 1.53. The van der Waals surface area contributed by atoms with Crippen molar-refractivity contribution < 1.29 is 14.2 Å². The zero-order valence-electron chi connectivity index (χ0n) is 14.9. The lowest BCUT2D eigenvalue weighted by atomic mass is 10.2. The van der Waals surface area contributed by atoms with Gasteiger partial charge in [0.2, 0.25) is 5.89 Å². The summed E-state index contributed by atoms with van der Waals surface area (Å²) in [6.07, 6.45) is 0. The van der Waals surface area contributed by atoms with E-state index in [1.165, 1.54) is 10.5 Å². The van der Waals surface area contributed by atoms with Crippen LogP contribution in [0.1, 0.15) is 11.5 Å². The Bertz CT molecular complexity index is 872. The van der Waals surface area contributed by atoms with E-state index in [1.54, 1.807) is 4.90 Å². The summed E-state index contributed by atoms with van der Waals surface area (Å²) in [5.74, 6) is 1.24. The summed E-state index contributed by atoms with van der Waals surface area (Å²) >= 11 is 11.9. The molecule has 1 aliphatic rings. The van der Waals surface area contributed by atoms with Crippen LogP contribution in [0.25, 0.3) is 11.5 Å². The van der Waals surface area contributed by atoms with E-state index in [-0.39, 0.29) is 0 Å². The van der Waals surface area contributed by atoms with Crippen LogP contribution in [0.3, 0.4) is 0 Å². The molecular weight excluding hydrogens is 383 g/mol. The fourth-order valence-corrected chi connectivity index (χ4v) is 3.70. The van der Waals surface area contributed by atoms with Crippen LogP contribution in [-0.2, 0) is 13.1 Å². The average Bonchev–Trinajstić information content (AvgIpc) is 3.14. The second-order valence-electron chi connectivity index (χ2n) is 6.99. The smallest absolute Gasteiger partial charge is 0.271 e. The molecule has 140 valence electrons. The number of rotatable bonds is 5. The summed E-state index contributed by atoms with van der Waals surface area (Å²) in [6, 6.07) is 15.6. The third-order valence-corrected chi connectivity index (χ3v) is 5.49. The Kier molecular flexibility index (Phi) is 5.74. The molecule has 0 saturated carbocycles. The molecule has 0 atom stereocenters. The van der Waals surface area contributed by atoms with Crippen LogP contribution in [0.4, 0.5) is 0 Å². The third kappa shape index (κ3) is 4.87. The molecule has 5 nitrogen and oxygen atoms in total. The zero-order chi connectivity index (χ0) is 18.6. The van der Waals surface area contributed by atoms with Crippen LogP contribution >= 0.6 is 23.2 Å². The minimum absolute atomic E-state index is 0.549. The monoisotopic (exact) mass is 404 g/mol. The van der Waals surface area contributed by atoms with Gasteiger partial charge in [0.1, 0.15) is 32.7 Å². The van der Waals surface area contributed by atoms with Gasteiger partial charge in [0, 0.05) is 21.2 Å². The summed E-state index contributed by atoms with van der Waals surface area (Å²) in [4.78, 5) is 3.09. The molecule has 0 amide bonds. The van der Waals surface area contributed by atoms with Crippen LogP contribution < -0.4 is 9.80 Å². The SMILES string of the molecule is Clc1ccc(C[NH+]2CC[NH+](Cc3nnc(-c4ccc(Cl)cc4)o3)CC2)cc1. The summed E-state index contributed by atoms with van der Waals surface area (Å²) in [5, 5.41) is 9.87. The van der Waals surface area contributed by atoms with Gasteiger partial charge in [0.15, 0.2) is 6.54 Å². The molecule has 0 aliphatic carbocycles. The standard InChI is InChI=1S/C20H20Cl2N4O/c21-17-5-1-15(2-6-17)13-25-9-11-26(12-10-25)14-19-23-24-20(27-19)16-3-7-18(22)8-4-16/h1-8H,9-14H2/p+2. The molecule has 0 bridgehead atoms. The molecule has 1 aliphatic heterocycles. The molecule has 1 aromatic heterocycles. The van der Waals surface area contributed by atoms with Crippen molar-refractivity contribution in [2.75, 3.05) is 26.2 Å². The Morgan fingerprint density at radius 3 is 1.93 bits per heavy atom. The predicted molar refractivity (Wildman–Crippen MR) is 105 cm³/mol. The first-order chi connectivity index (χ1) is 13.2. The average molecular weight is 405 g/mol. The normalized spacial score (nSPS) is 19.9. The lowest BCUT2D eigenvalue weighted by molar-refractivity contribution is -1.02. The van der Waals surface area contributed by atoms with Crippen molar-refractivity contribution in [2.45, 2.75) is 13.1 Å². The number of nitrogens with one attached hydrogen (secondary N) is 2. The first-order valence-electron chi connectivity index (χ1n) is 9.15. The molecule has 2 heterocycles. The highest BCUT2D eigenvalue weighted by Crippen LogP contribution is 2.19. The van der Waals surface area contributed by atoms with E-state index in [0.717, 1.165) is 49.9 Å². The third-order valence-electron chi connectivity index (χ3n) is 4.99. The number of nitrogens with zero attached hydrogens (tertiary/aromatic N) is 2. The summed E-state index contributed by atoms with van der Waals surface area (Å²) in [7, 11) is 0. The first kappa shape index (κ1) is 18.4. The molecule has 7 heteroatoms. The maximum atomic E-state index is 5.96. The molecule has 4 rings (SSSR count). The van der Waals surface area contributed by atoms with E-state index in [0.29, 0.717) is 16.8 Å². The van der Waals surface area contributed by atoms with Gasteiger partial charge in [-0.05, 0) is 36.4 Å². The fraction of sp³-hybridized carbons (Fsp3) is 0.300. The van der Waals surface area contributed by atoms with Gasteiger partial charge in [-0.2, -0.15) is 0 Å². The van der Waals surface area contributed by atoms with Crippen LogP contribution in [-0.4, -0.2) is 36.4 Å². The highest BCUT2D eigenvalue weighted by atomic mass is 35.5. The lowest BCUT2D eigenvalue weighted by Gasteiger charge is -2.29. The molecule has 0 unspecified atom stereocenters. The lowest BCUT2D eigenvalue weighted by Crippen LogP contribution is -3.27. The molecule has 0 radical (unpaired) electrons. The van der Waals surface area contributed by atoms with Crippen molar-refractivity contribution in [1.82, 2.24) is 10.2 Å². The van der Waals surface area contributed by atoms with Crippen molar-refractivity contribution in [2.24, 2.45) is 0 Å². The first-order valence-corrected chi connectivity index (χ1v) is 9.91. The van der Waals surface area contributed by atoms with E-state index in [2.05, 4.69) is 22.3 Å². The van der Waals surface area contributed by atoms with Crippen molar-refractivity contribution in [3.63, 3.8) is 0 Å². The van der Waals surface area contributed by atoms with E-state index in [1.807, 2.05) is 36.4 Å². The summed E-state index contributed by atoms with van der Waals surface area (Å²) < 4.78 is 5.84. The highest BCUT2D eigenvalue weighted by molar-refractivity contribution is 6.30. The van der Waals surface area contributed by atoms with Gasteiger partial charge in [-0.25, -0.2) is 0 Å². The molecule has 2 aromatic carbocycles. The van der Waals surface area contributed by atoms with Crippen LogP contribution in [0.2, 0.25) is 10.0 Å². The van der Waals surface area contributed by atoms with Gasteiger partial charge in [-0.3, -0.25) is 0 Å². The fourth-order valence-electron chi connectivity index (χ4n) is 3.45. The highest BCUT2D eigenvalue weighted by Gasteiger charge is 2.25. The zero-order valence-corrected chi connectivity index (χ0v) is 16.4. The van der Waals surface area contributed by atoms with Gasteiger partial charge in [-0.1, -0.05) is 35.3 Å². The molecule has 1 saturated heterocycles. The maximum absolute atomic E-state index is 5.96. The van der Waals surface area contributed by atoms with Gasteiger partial charge in [0.05, 0.1) is 0 Å². The second-order valence-corrected chi connectivity index (χ2v) is 7.86. The minimum atomic E-state index is 0.549. The number of benzene rings is 2. The molecule has 27 heavy (non-hydrogen) atoms. The van der Waals surface area contributed by atoms with Crippen LogP contribution in [0, 0.1) is 0 Å². The van der Waals surface area contributed by atoms with Gasteiger partial charge in [-0.15, -0.1) is 10.2 Å². The minimum Gasteiger partial charge on any atom is -0.415 e. The summed E-state index contributed by atoms with van der Waals surface area (Å²) in [5.41, 5.74) is 2.23. The number of piperazine rings is 1. The number of hydrogen-bond acceptors (Lipinski definition) is 3. The van der Waals surface area contributed by atoms with Gasteiger partial charge < -0.3 is 14.2 Å². The van der Waals surface area contributed by atoms with Crippen molar-refractivity contribution in [3.8, 4) is 11.5 Å². The number of aromatic nitrogens is 2.